The van der Waals surface area contributed by atoms with Gasteiger partial charge in [-0.25, -0.2) is 0 Å². The van der Waals surface area contributed by atoms with Crippen LogP contribution in [0.5, 0.6) is 0 Å². The van der Waals surface area contributed by atoms with Crippen LogP contribution in [0.25, 0.3) is 0 Å². The molecule has 0 spiro atoms. The van der Waals surface area contributed by atoms with E-state index in [1.54, 1.807) is 4.68 Å². The van der Waals surface area contributed by atoms with Crippen molar-refractivity contribution < 1.29 is 0 Å². The monoisotopic (exact) mass is 313 g/mol. The molecule has 1 heterocycles. The molecule has 1 aromatic heterocycles. The Morgan fingerprint density at radius 2 is 2.17 bits per heavy atom. The van der Waals surface area contributed by atoms with Gasteiger partial charge in [-0.15, -0.1) is 5.10 Å². The van der Waals surface area contributed by atoms with Gasteiger partial charge in [-0.1, -0.05) is 48.3 Å². The van der Waals surface area contributed by atoms with Crippen molar-refractivity contribution in [2.75, 3.05) is 0 Å². The SMILES string of the molecule is CC1CCC(C(C)(C)Cc2cn(C)nn2)C(Br)C1. The van der Waals surface area contributed by atoms with Gasteiger partial charge in [-0.05, 0) is 36.5 Å². The maximum atomic E-state index is 4.23. The van der Waals surface area contributed by atoms with Crippen molar-refractivity contribution in [3.05, 3.63) is 11.9 Å². The van der Waals surface area contributed by atoms with Crippen LogP contribution in [0.15, 0.2) is 6.20 Å². The van der Waals surface area contributed by atoms with Gasteiger partial charge in [-0.3, -0.25) is 4.68 Å². The number of rotatable bonds is 3. The Hall–Kier alpha value is -0.380. The van der Waals surface area contributed by atoms with Crippen molar-refractivity contribution in [1.29, 1.82) is 0 Å². The molecule has 1 saturated carbocycles. The van der Waals surface area contributed by atoms with Crippen LogP contribution in [-0.4, -0.2) is 19.8 Å². The van der Waals surface area contributed by atoms with Gasteiger partial charge in [0, 0.05) is 18.1 Å². The molecule has 1 aromatic rings. The Balaban J connectivity index is 2.05. The van der Waals surface area contributed by atoms with Crippen LogP contribution in [0.4, 0.5) is 0 Å². The zero-order valence-corrected chi connectivity index (χ0v) is 13.4. The molecule has 0 amide bonds. The maximum absolute atomic E-state index is 4.23. The minimum Gasteiger partial charge on any atom is -0.255 e. The van der Waals surface area contributed by atoms with Crippen molar-refractivity contribution in [3.8, 4) is 0 Å². The molecule has 2 rings (SSSR count). The molecule has 3 unspecified atom stereocenters. The van der Waals surface area contributed by atoms with Crippen LogP contribution >= 0.6 is 15.9 Å². The van der Waals surface area contributed by atoms with Crippen molar-refractivity contribution in [2.24, 2.45) is 24.3 Å². The van der Waals surface area contributed by atoms with Crippen LogP contribution in [0, 0.1) is 17.3 Å². The minimum absolute atomic E-state index is 0.282. The third-order valence-electron chi connectivity index (χ3n) is 4.33. The number of aromatic nitrogens is 3. The molecule has 0 bridgehead atoms. The molecule has 0 radical (unpaired) electrons. The van der Waals surface area contributed by atoms with Crippen molar-refractivity contribution in [3.63, 3.8) is 0 Å². The third-order valence-corrected chi connectivity index (χ3v) is 5.34. The van der Waals surface area contributed by atoms with Gasteiger partial charge < -0.3 is 0 Å². The summed E-state index contributed by atoms with van der Waals surface area (Å²) in [7, 11) is 1.93. The summed E-state index contributed by atoms with van der Waals surface area (Å²) in [6.45, 7) is 7.10. The first-order valence-electron chi connectivity index (χ1n) is 6.88. The highest BCUT2D eigenvalue weighted by Crippen LogP contribution is 2.44. The zero-order valence-electron chi connectivity index (χ0n) is 11.9. The van der Waals surface area contributed by atoms with E-state index in [2.05, 4.69) is 47.0 Å². The Morgan fingerprint density at radius 1 is 1.44 bits per heavy atom. The van der Waals surface area contributed by atoms with Crippen molar-refractivity contribution in [2.45, 2.75) is 51.3 Å². The van der Waals surface area contributed by atoms with Gasteiger partial charge in [0.15, 0.2) is 0 Å². The lowest BCUT2D eigenvalue weighted by Gasteiger charge is -2.41. The molecule has 1 aliphatic rings. The molecular weight excluding hydrogens is 290 g/mol. The van der Waals surface area contributed by atoms with Crippen LogP contribution in [-0.2, 0) is 13.5 Å². The standard InChI is InChI=1S/C14H24BrN3/c1-10-5-6-12(13(15)7-10)14(2,3)8-11-9-18(4)17-16-11/h9-10,12-13H,5-8H2,1-4H3. The minimum atomic E-state index is 0.282. The molecule has 0 aromatic carbocycles. The summed E-state index contributed by atoms with van der Waals surface area (Å²) in [6, 6.07) is 0. The van der Waals surface area contributed by atoms with E-state index in [1.807, 2.05) is 13.2 Å². The molecule has 1 aliphatic carbocycles. The first-order valence-corrected chi connectivity index (χ1v) is 7.79. The van der Waals surface area contributed by atoms with Gasteiger partial charge in [-0.2, -0.15) is 0 Å². The normalized spacial score (nSPS) is 29.5. The fraction of sp³-hybridized carbons (Fsp3) is 0.857. The van der Waals surface area contributed by atoms with Crippen molar-refractivity contribution in [1.82, 2.24) is 15.0 Å². The summed E-state index contributed by atoms with van der Waals surface area (Å²) in [6.07, 6.45) is 7.04. The lowest BCUT2D eigenvalue weighted by atomic mass is 9.67. The lowest BCUT2D eigenvalue weighted by molar-refractivity contribution is 0.146. The lowest BCUT2D eigenvalue weighted by Crippen LogP contribution is -2.37. The molecule has 1 fully saturated rings. The van der Waals surface area contributed by atoms with Gasteiger partial charge in [0.05, 0.1) is 5.69 Å². The number of hydrogen-bond donors (Lipinski definition) is 0. The highest BCUT2D eigenvalue weighted by atomic mass is 79.9. The van der Waals surface area contributed by atoms with E-state index >= 15 is 0 Å². The van der Waals surface area contributed by atoms with E-state index in [0.717, 1.165) is 24.0 Å². The van der Waals surface area contributed by atoms with Crippen LogP contribution in [0.3, 0.4) is 0 Å². The third kappa shape index (κ3) is 3.14. The number of alkyl halides is 1. The van der Waals surface area contributed by atoms with E-state index in [4.69, 9.17) is 0 Å². The van der Waals surface area contributed by atoms with E-state index in [-0.39, 0.29) is 5.41 Å². The molecule has 18 heavy (non-hydrogen) atoms. The second kappa shape index (κ2) is 5.32. The van der Waals surface area contributed by atoms with Crippen LogP contribution < -0.4 is 0 Å². The fourth-order valence-corrected chi connectivity index (χ4v) is 4.88. The first kappa shape index (κ1) is 14.0. The number of aryl methyl sites for hydroxylation is 1. The number of halogens is 1. The summed E-state index contributed by atoms with van der Waals surface area (Å²) in [5.74, 6) is 1.59. The summed E-state index contributed by atoms with van der Waals surface area (Å²) in [4.78, 5) is 0.646. The molecule has 0 aliphatic heterocycles. The van der Waals surface area contributed by atoms with Crippen LogP contribution in [0.1, 0.15) is 45.7 Å². The summed E-state index contributed by atoms with van der Waals surface area (Å²) >= 11 is 3.91. The average molecular weight is 314 g/mol. The summed E-state index contributed by atoms with van der Waals surface area (Å²) in [5.41, 5.74) is 1.39. The van der Waals surface area contributed by atoms with Crippen LogP contribution in [0.2, 0.25) is 0 Å². The molecule has 3 atom stereocenters. The topological polar surface area (TPSA) is 30.7 Å². The highest BCUT2D eigenvalue weighted by Gasteiger charge is 2.38. The number of hydrogen-bond acceptors (Lipinski definition) is 2. The average Bonchev–Trinajstić information content (AvgIpc) is 2.62. The predicted molar refractivity (Wildman–Crippen MR) is 77.7 cm³/mol. The second-order valence-corrected chi connectivity index (χ2v) is 7.77. The van der Waals surface area contributed by atoms with Gasteiger partial charge in [0.25, 0.3) is 0 Å². The quantitative estimate of drug-likeness (QED) is 0.798. The van der Waals surface area contributed by atoms with E-state index < -0.39 is 0 Å². The van der Waals surface area contributed by atoms with Gasteiger partial charge in [0.1, 0.15) is 0 Å². The Bertz CT molecular complexity index is 399. The second-order valence-electron chi connectivity index (χ2n) is 6.59. The molecular formula is C14H24BrN3. The van der Waals surface area contributed by atoms with Gasteiger partial charge in [0.2, 0.25) is 0 Å². The van der Waals surface area contributed by atoms with Crippen molar-refractivity contribution >= 4 is 15.9 Å². The van der Waals surface area contributed by atoms with E-state index in [1.165, 1.54) is 19.3 Å². The fourth-order valence-electron chi connectivity index (χ4n) is 3.27. The first-order chi connectivity index (χ1) is 8.38. The molecule has 4 heteroatoms. The Labute approximate surface area is 118 Å². The molecule has 0 saturated heterocycles. The predicted octanol–water partition coefficient (Wildman–Crippen LogP) is 3.58. The summed E-state index contributed by atoms with van der Waals surface area (Å²) in [5, 5.41) is 8.27. The summed E-state index contributed by atoms with van der Waals surface area (Å²) < 4.78 is 1.79. The van der Waals surface area contributed by atoms with E-state index in [9.17, 15) is 0 Å². The Morgan fingerprint density at radius 3 is 2.72 bits per heavy atom. The smallest absolute Gasteiger partial charge is 0.0832 e. The molecule has 3 nitrogen and oxygen atoms in total. The zero-order chi connectivity index (χ0) is 13.3. The maximum Gasteiger partial charge on any atom is 0.0832 e. The highest BCUT2D eigenvalue weighted by molar-refractivity contribution is 9.09. The molecule has 102 valence electrons. The van der Waals surface area contributed by atoms with E-state index in [0.29, 0.717) is 4.83 Å². The molecule has 0 N–H and O–H groups in total. The Kier molecular flexibility index (Phi) is 4.15. The number of nitrogens with zero attached hydrogens (tertiary/aromatic N) is 3. The van der Waals surface area contributed by atoms with Gasteiger partial charge >= 0.3 is 0 Å². The largest absolute Gasteiger partial charge is 0.255 e.